The van der Waals surface area contributed by atoms with Gasteiger partial charge in [-0.1, -0.05) is 63.1 Å². The molecule has 0 spiro atoms. The first-order valence-electron chi connectivity index (χ1n) is 5.92. The van der Waals surface area contributed by atoms with Gasteiger partial charge in [0.1, 0.15) is 0 Å². The molecule has 82 valence electrons. The summed E-state index contributed by atoms with van der Waals surface area (Å²) in [5.41, 5.74) is 4.19. The summed E-state index contributed by atoms with van der Waals surface area (Å²) in [5.74, 6) is 0.610. The van der Waals surface area contributed by atoms with Gasteiger partial charge >= 0.3 is 0 Å². The van der Waals surface area contributed by atoms with E-state index >= 15 is 0 Å². The number of allylic oxidation sites excluding steroid dienone is 2. The van der Waals surface area contributed by atoms with Gasteiger partial charge in [0.05, 0.1) is 0 Å². The number of aryl methyl sites for hydroxylation is 1. The highest BCUT2D eigenvalue weighted by atomic mass is 14.1. The van der Waals surface area contributed by atoms with Crippen LogP contribution in [0.3, 0.4) is 0 Å². The molecule has 0 heterocycles. The Morgan fingerprint density at radius 1 is 1.20 bits per heavy atom. The lowest BCUT2D eigenvalue weighted by atomic mass is 9.93. The maximum atomic E-state index is 2.38. The summed E-state index contributed by atoms with van der Waals surface area (Å²) in [6.45, 7) is 8.89. The van der Waals surface area contributed by atoms with Gasteiger partial charge in [0.15, 0.2) is 0 Å². The van der Waals surface area contributed by atoms with Gasteiger partial charge in [-0.25, -0.2) is 0 Å². The van der Waals surface area contributed by atoms with E-state index in [4.69, 9.17) is 0 Å². The van der Waals surface area contributed by atoms with Gasteiger partial charge < -0.3 is 0 Å². The van der Waals surface area contributed by atoms with Crippen LogP contribution in [-0.4, -0.2) is 0 Å². The van der Waals surface area contributed by atoms with Crippen LogP contribution in [0, 0.1) is 12.8 Å². The first-order valence-corrected chi connectivity index (χ1v) is 5.92. The Bertz CT molecular complexity index is 314. The molecule has 0 N–H and O–H groups in total. The predicted molar refractivity (Wildman–Crippen MR) is 68.9 cm³/mol. The zero-order valence-electron chi connectivity index (χ0n) is 10.4. The fraction of sp³-hybridized carbons (Fsp3) is 0.467. The van der Waals surface area contributed by atoms with E-state index in [-0.39, 0.29) is 0 Å². The fourth-order valence-corrected chi connectivity index (χ4v) is 1.73. The first kappa shape index (κ1) is 12.0. The molecule has 1 aromatic rings. The van der Waals surface area contributed by atoms with Crippen LogP contribution in [0.25, 0.3) is 5.57 Å². The number of hydrogen-bond donors (Lipinski definition) is 0. The van der Waals surface area contributed by atoms with Crippen LogP contribution in [0.15, 0.2) is 30.3 Å². The summed E-state index contributed by atoms with van der Waals surface area (Å²) >= 11 is 0. The van der Waals surface area contributed by atoms with Gasteiger partial charge in [-0.2, -0.15) is 0 Å². The largest absolute Gasteiger partial charge is 0.0805 e. The molecule has 0 aliphatic carbocycles. The molecular weight excluding hydrogens is 180 g/mol. The second-order valence-electron chi connectivity index (χ2n) is 4.47. The Balaban J connectivity index is 2.94. The van der Waals surface area contributed by atoms with E-state index in [1.54, 1.807) is 0 Å². The summed E-state index contributed by atoms with van der Waals surface area (Å²) in [6, 6.07) is 8.85. The van der Waals surface area contributed by atoms with Crippen molar-refractivity contribution in [1.82, 2.24) is 0 Å². The average Bonchev–Trinajstić information content (AvgIpc) is 2.21. The maximum absolute atomic E-state index is 2.38. The molecule has 0 fully saturated rings. The third-order valence-corrected chi connectivity index (χ3v) is 2.66. The monoisotopic (exact) mass is 202 g/mol. The minimum Gasteiger partial charge on any atom is -0.0805 e. The Morgan fingerprint density at radius 2 is 1.80 bits per heavy atom. The Morgan fingerprint density at radius 3 is 2.27 bits per heavy atom. The molecule has 0 aliphatic rings. The second-order valence-corrected chi connectivity index (χ2v) is 4.47. The normalized spacial score (nSPS) is 12.2. The molecule has 0 heteroatoms. The molecule has 1 aromatic carbocycles. The summed E-state index contributed by atoms with van der Waals surface area (Å²) < 4.78 is 0. The predicted octanol–water partition coefficient (Wildman–Crippen LogP) is 4.83. The van der Waals surface area contributed by atoms with Gasteiger partial charge in [-0.05, 0) is 30.4 Å². The van der Waals surface area contributed by atoms with Crippen molar-refractivity contribution < 1.29 is 0 Å². The first-order chi connectivity index (χ1) is 7.15. The zero-order chi connectivity index (χ0) is 11.3. The molecular formula is C15H22. The van der Waals surface area contributed by atoms with Crippen molar-refractivity contribution in [3.63, 3.8) is 0 Å². The molecule has 0 atom stereocenters. The van der Waals surface area contributed by atoms with E-state index in [0.29, 0.717) is 5.92 Å². The van der Waals surface area contributed by atoms with Gasteiger partial charge in [0.25, 0.3) is 0 Å². The van der Waals surface area contributed by atoms with Crippen LogP contribution >= 0.6 is 0 Å². The lowest BCUT2D eigenvalue weighted by molar-refractivity contribution is 0.843. The van der Waals surface area contributed by atoms with Crippen molar-refractivity contribution in [3.05, 3.63) is 41.5 Å². The van der Waals surface area contributed by atoms with Crippen LogP contribution in [0.2, 0.25) is 0 Å². The number of unbranched alkanes of at least 4 members (excludes halogenated alkanes) is 1. The summed E-state index contributed by atoms with van der Waals surface area (Å²) in [6.07, 6.45) is 4.79. The molecule has 0 radical (unpaired) electrons. The van der Waals surface area contributed by atoms with Crippen LogP contribution in [0.1, 0.15) is 44.7 Å². The molecule has 0 aliphatic heterocycles. The highest BCUT2D eigenvalue weighted by molar-refractivity contribution is 5.67. The van der Waals surface area contributed by atoms with E-state index < -0.39 is 0 Å². The van der Waals surface area contributed by atoms with Crippen molar-refractivity contribution in [3.8, 4) is 0 Å². The SMILES string of the molecule is CCC/C=C(/c1ccc(C)cc1)C(C)C. The topological polar surface area (TPSA) is 0 Å². The molecule has 1 rings (SSSR count). The third kappa shape index (κ3) is 3.54. The number of benzene rings is 1. The Labute approximate surface area is 94.0 Å². The van der Waals surface area contributed by atoms with Crippen molar-refractivity contribution in [2.75, 3.05) is 0 Å². The molecule has 0 saturated carbocycles. The van der Waals surface area contributed by atoms with E-state index in [0.717, 1.165) is 0 Å². The lowest BCUT2D eigenvalue weighted by Crippen LogP contribution is -1.94. The van der Waals surface area contributed by atoms with E-state index in [1.165, 1.54) is 29.5 Å². The average molecular weight is 202 g/mol. The standard InChI is InChI=1S/C15H22/c1-5-6-7-15(12(2)3)14-10-8-13(4)9-11-14/h7-12H,5-6H2,1-4H3/b15-7+. The zero-order valence-corrected chi connectivity index (χ0v) is 10.4. The maximum Gasteiger partial charge on any atom is -0.0216 e. The molecule has 0 amide bonds. The number of rotatable bonds is 4. The summed E-state index contributed by atoms with van der Waals surface area (Å²) in [7, 11) is 0. The second kappa shape index (κ2) is 5.75. The van der Waals surface area contributed by atoms with Crippen molar-refractivity contribution in [1.29, 1.82) is 0 Å². The highest BCUT2D eigenvalue weighted by Gasteiger charge is 2.05. The van der Waals surface area contributed by atoms with E-state index in [1.807, 2.05) is 0 Å². The molecule has 0 saturated heterocycles. The molecule has 0 nitrogen and oxygen atoms in total. The molecule has 0 unspecified atom stereocenters. The Kier molecular flexibility index (Phi) is 4.61. The summed E-state index contributed by atoms with van der Waals surface area (Å²) in [4.78, 5) is 0. The van der Waals surface area contributed by atoms with Crippen molar-refractivity contribution >= 4 is 5.57 Å². The minimum atomic E-state index is 0.610. The quantitative estimate of drug-likeness (QED) is 0.655. The molecule has 0 aromatic heterocycles. The highest BCUT2D eigenvalue weighted by Crippen LogP contribution is 2.24. The van der Waals surface area contributed by atoms with E-state index in [9.17, 15) is 0 Å². The Hall–Kier alpha value is -1.04. The van der Waals surface area contributed by atoms with Crippen LogP contribution in [0.4, 0.5) is 0 Å². The number of hydrogen-bond acceptors (Lipinski definition) is 0. The van der Waals surface area contributed by atoms with Crippen molar-refractivity contribution in [2.45, 2.75) is 40.5 Å². The van der Waals surface area contributed by atoms with Gasteiger partial charge in [0, 0.05) is 0 Å². The van der Waals surface area contributed by atoms with Crippen LogP contribution < -0.4 is 0 Å². The smallest absolute Gasteiger partial charge is 0.0216 e. The fourth-order valence-electron chi connectivity index (χ4n) is 1.73. The van der Waals surface area contributed by atoms with Gasteiger partial charge in [-0.3, -0.25) is 0 Å². The lowest BCUT2D eigenvalue weighted by Gasteiger charge is -2.12. The van der Waals surface area contributed by atoms with Gasteiger partial charge in [-0.15, -0.1) is 0 Å². The van der Waals surface area contributed by atoms with Crippen molar-refractivity contribution in [2.24, 2.45) is 5.92 Å². The summed E-state index contributed by atoms with van der Waals surface area (Å²) in [5, 5.41) is 0. The van der Waals surface area contributed by atoms with Gasteiger partial charge in [0.2, 0.25) is 0 Å². The van der Waals surface area contributed by atoms with E-state index in [2.05, 4.69) is 58.0 Å². The molecule has 0 bridgehead atoms. The van der Waals surface area contributed by atoms with Crippen LogP contribution in [0.5, 0.6) is 0 Å². The minimum absolute atomic E-state index is 0.610. The van der Waals surface area contributed by atoms with Crippen LogP contribution in [-0.2, 0) is 0 Å². The molecule has 15 heavy (non-hydrogen) atoms. The third-order valence-electron chi connectivity index (χ3n) is 2.66.